The zero-order valence-corrected chi connectivity index (χ0v) is 10.8. The maximum absolute atomic E-state index is 11.6. The number of aromatic nitrogens is 1. The maximum atomic E-state index is 11.6. The van der Waals surface area contributed by atoms with Gasteiger partial charge in [-0.2, -0.15) is 0 Å². The van der Waals surface area contributed by atoms with E-state index in [-0.39, 0.29) is 11.7 Å². The highest BCUT2D eigenvalue weighted by molar-refractivity contribution is 6.30. The number of fused-ring (bicyclic) bond motifs is 1. The Bertz CT molecular complexity index is 630. The first-order valence-corrected chi connectivity index (χ1v) is 5.93. The molecule has 5 heteroatoms. The molecule has 0 aliphatic heterocycles. The third kappa shape index (κ3) is 2.24. The molecule has 0 saturated heterocycles. The number of esters is 1. The fourth-order valence-electron chi connectivity index (χ4n) is 1.84. The summed E-state index contributed by atoms with van der Waals surface area (Å²) in [5.74, 6) is -0.168. The van der Waals surface area contributed by atoms with Gasteiger partial charge < -0.3 is 9.30 Å². The minimum absolute atomic E-state index is 0.0682. The smallest absolute Gasteiger partial charge is 0.308 e. The predicted octanol–water partition coefficient (Wildman–Crippen LogP) is 2.53. The number of benzene rings is 1. The fraction of sp³-hybridized carbons (Fsp3) is 0.231. The Morgan fingerprint density at radius 2 is 2.11 bits per heavy atom. The van der Waals surface area contributed by atoms with Crippen molar-refractivity contribution in [3.63, 3.8) is 0 Å². The van der Waals surface area contributed by atoms with Crippen LogP contribution in [-0.4, -0.2) is 22.2 Å². The number of halogens is 1. The summed E-state index contributed by atoms with van der Waals surface area (Å²) in [4.78, 5) is 22.6. The lowest BCUT2D eigenvalue weighted by Crippen LogP contribution is -2.01. The number of ether oxygens (including phenoxy) is 1. The Balaban J connectivity index is 2.58. The van der Waals surface area contributed by atoms with Crippen LogP contribution in [0.2, 0.25) is 0 Å². The number of carbonyl (C=O) groups excluding carboxylic acids is 2. The van der Waals surface area contributed by atoms with Gasteiger partial charge in [0.15, 0.2) is 11.5 Å². The molecule has 0 N–H and O–H groups in total. The summed E-state index contributed by atoms with van der Waals surface area (Å²) in [6, 6.07) is 5.21. The van der Waals surface area contributed by atoms with Crippen molar-refractivity contribution in [2.75, 3.05) is 5.88 Å². The highest BCUT2D eigenvalue weighted by Crippen LogP contribution is 2.28. The predicted molar refractivity (Wildman–Crippen MR) is 69.3 cm³/mol. The molecule has 0 atom stereocenters. The Morgan fingerprint density at radius 1 is 1.39 bits per heavy atom. The van der Waals surface area contributed by atoms with E-state index in [1.165, 1.54) is 6.92 Å². The lowest BCUT2D eigenvalue weighted by atomic mass is 10.1. The van der Waals surface area contributed by atoms with Gasteiger partial charge in [0.2, 0.25) is 0 Å². The molecule has 2 aromatic rings. The van der Waals surface area contributed by atoms with Crippen LogP contribution in [0.1, 0.15) is 17.3 Å². The molecule has 0 unspecified atom stereocenters. The van der Waals surface area contributed by atoms with Crippen LogP contribution in [0.4, 0.5) is 0 Å². The molecule has 0 saturated carbocycles. The number of carbonyl (C=O) groups is 2. The molecule has 4 nitrogen and oxygen atoms in total. The summed E-state index contributed by atoms with van der Waals surface area (Å²) in [6.07, 6.45) is 1.71. The second-order valence-electron chi connectivity index (χ2n) is 3.99. The van der Waals surface area contributed by atoms with Gasteiger partial charge in [0.05, 0.1) is 11.4 Å². The third-order valence-electron chi connectivity index (χ3n) is 2.65. The topological polar surface area (TPSA) is 48.3 Å². The van der Waals surface area contributed by atoms with Crippen molar-refractivity contribution in [3.05, 3.63) is 30.0 Å². The first kappa shape index (κ1) is 12.6. The molecule has 94 valence electrons. The quantitative estimate of drug-likeness (QED) is 0.487. The summed E-state index contributed by atoms with van der Waals surface area (Å²) < 4.78 is 6.95. The van der Waals surface area contributed by atoms with Crippen molar-refractivity contribution in [1.82, 2.24) is 4.57 Å². The van der Waals surface area contributed by atoms with Gasteiger partial charge in [-0.25, -0.2) is 0 Å². The van der Waals surface area contributed by atoms with E-state index >= 15 is 0 Å². The Morgan fingerprint density at radius 3 is 2.72 bits per heavy atom. The number of alkyl halides is 1. The molecule has 0 bridgehead atoms. The van der Waals surface area contributed by atoms with E-state index < -0.39 is 5.97 Å². The normalized spacial score (nSPS) is 10.6. The molecule has 0 aliphatic carbocycles. The lowest BCUT2D eigenvalue weighted by molar-refractivity contribution is -0.131. The minimum Gasteiger partial charge on any atom is -0.424 e. The van der Waals surface area contributed by atoms with Gasteiger partial charge in [0.1, 0.15) is 0 Å². The van der Waals surface area contributed by atoms with Crippen molar-refractivity contribution in [1.29, 1.82) is 0 Å². The molecular formula is C13H12ClNO3. The van der Waals surface area contributed by atoms with Gasteiger partial charge >= 0.3 is 5.97 Å². The standard InChI is InChI=1S/C13H12ClNO3/c1-8(16)18-13-7-15(2)11-4-3-9(5-10(11)13)12(17)6-14/h3-5,7H,6H2,1-2H3. The summed E-state index contributed by atoms with van der Waals surface area (Å²) in [6.45, 7) is 1.34. The average Bonchev–Trinajstić information content (AvgIpc) is 2.64. The number of hydrogen-bond donors (Lipinski definition) is 0. The largest absolute Gasteiger partial charge is 0.424 e. The average molecular weight is 266 g/mol. The molecule has 0 fully saturated rings. The Hall–Kier alpha value is -1.81. The van der Waals surface area contributed by atoms with Crippen LogP contribution in [0.3, 0.4) is 0 Å². The molecule has 0 aliphatic rings. The van der Waals surface area contributed by atoms with Gasteiger partial charge in [-0.05, 0) is 18.2 Å². The van der Waals surface area contributed by atoms with E-state index in [9.17, 15) is 9.59 Å². The van der Waals surface area contributed by atoms with E-state index in [2.05, 4.69) is 0 Å². The fourth-order valence-corrected chi connectivity index (χ4v) is 2.00. The molecule has 0 amide bonds. The summed E-state index contributed by atoms with van der Waals surface area (Å²) in [5, 5.41) is 0.726. The minimum atomic E-state index is -0.392. The summed E-state index contributed by atoms with van der Waals surface area (Å²) in [5.41, 5.74) is 1.40. The highest BCUT2D eigenvalue weighted by Gasteiger charge is 2.12. The van der Waals surface area contributed by atoms with Crippen LogP contribution in [0, 0.1) is 0 Å². The van der Waals surface area contributed by atoms with Crippen LogP contribution in [0.5, 0.6) is 5.75 Å². The van der Waals surface area contributed by atoms with Crippen LogP contribution in [-0.2, 0) is 11.8 Å². The molecule has 18 heavy (non-hydrogen) atoms. The molecule has 0 spiro atoms. The number of rotatable bonds is 3. The number of ketones is 1. The Kier molecular flexibility index (Phi) is 3.39. The number of aryl methyl sites for hydroxylation is 1. The van der Waals surface area contributed by atoms with Crippen molar-refractivity contribution in [2.24, 2.45) is 7.05 Å². The molecule has 0 radical (unpaired) electrons. The maximum Gasteiger partial charge on any atom is 0.308 e. The van der Waals surface area contributed by atoms with Gasteiger partial charge in [-0.1, -0.05) is 0 Å². The van der Waals surface area contributed by atoms with E-state index in [1.54, 1.807) is 18.3 Å². The van der Waals surface area contributed by atoms with Gasteiger partial charge in [0.25, 0.3) is 0 Å². The van der Waals surface area contributed by atoms with Crippen LogP contribution in [0.15, 0.2) is 24.4 Å². The van der Waals surface area contributed by atoms with E-state index in [4.69, 9.17) is 16.3 Å². The third-order valence-corrected chi connectivity index (χ3v) is 2.89. The van der Waals surface area contributed by atoms with Crippen molar-refractivity contribution in [3.8, 4) is 5.75 Å². The van der Waals surface area contributed by atoms with E-state index in [1.807, 2.05) is 17.7 Å². The lowest BCUT2D eigenvalue weighted by Gasteiger charge is -2.01. The van der Waals surface area contributed by atoms with Crippen molar-refractivity contribution >= 4 is 34.3 Å². The van der Waals surface area contributed by atoms with Gasteiger partial charge in [-0.15, -0.1) is 11.6 Å². The SMILES string of the molecule is CC(=O)Oc1cn(C)c2ccc(C(=O)CCl)cc12. The Labute approximate surface area is 109 Å². The van der Waals surface area contributed by atoms with E-state index in [0.717, 1.165) is 10.9 Å². The van der Waals surface area contributed by atoms with Crippen LogP contribution in [0.25, 0.3) is 10.9 Å². The second kappa shape index (κ2) is 4.82. The van der Waals surface area contributed by atoms with Gasteiger partial charge in [-0.3, -0.25) is 9.59 Å². The number of hydrogen-bond acceptors (Lipinski definition) is 3. The number of nitrogens with zero attached hydrogens (tertiary/aromatic N) is 1. The summed E-state index contributed by atoms with van der Waals surface area (Å²) >= 11 is 5.53. The van der Waals surface area contributed by atoms with Crippen molar-refractivity contribution < 1.29 is 14.3 Å². The molecule has 1 heterocycles. The second-order valence-corrected chi connectivity index (χ2v) is 4.25. The first-order valence-electron chi connectivity index (χ1n) is 5.39. The molecule has 1 aromatic heterocycles. The molecule has 2 rings (SSSR count). The zero-order chi connectivity index (χ0) is 13.3. The molecular weight excluding hydrogens is 254 g/mol. The first-order chi connectivity index (χ1) is 8.52. The van der Waals surface area contributed by atoms with Crippen molar-refractivity contribution in [2.45, 2.75) is 6.92 Å². The molecule has 1 aromatic carbocycles. The number of Topliss-reactive ketones (excluding diaryl/α,β-unsaturated/α-hetero) is 1. The van der Waals surface area contributed by atoms with Crippen LogP contribution >= 0.6 is 11.6 Å². The highest BCUT2D eigenvalue weighted by atomic mass is 35.5. The monoisotopic (exact) mass is 265 g/mol. The zero-order valence-electron chi connectivity index (χ0n) is 10.1. The summed E-state index contributed by atoms with van der Waals surface area (Å²) in [7, 11) is 1.85. The van der Waals surface area contributed by atoms with E-state index in [0.29, 0.717) is 11.3 Å². The van der Waals surface area contributed by atoms with Crippen LogP contribution < -0.4 is 4.74 Å². The van der Waals surface area contributed by atoms with Gasteiger partial charge in [0, 0.05) is 31.1 Å².